The number of halogens is 3. The maximum atomic E-state index is 13.0. The van der Waals surface area contributed by atoms with E-state index in [2.05, 4.69) is 5.32 Å². The number of para-hydroxylation sites is 1. The third-order valence-electron chi connectivity index (χ3n) is 3.76. The topological polar surface area (TPSA) is 75.6 Å². The van der Waals surface area contributed by atoms with Crippen LogP contribution in [-0.4, -0.2) is 23.1 Å². The molecule has 0 saturated heterocycles. The van der Waals surface area contributed by atoms with Gasteiger partial charge < -0.3 is 15.2 Å². The van der Waals surface area contributed by atoms with Crippen molar-refractivity contribution in [3.8, 4) is 5.75 Å². The van der Waals surface area contributed by atoms with Gasteiger partial charge >= 0.3 is 12.1 Å². The van der Waals surface area contributed by atoms with E-state index in [4.69, 9.17) is 9.84 Å². The molecule has 2 N–H and O–H groups in total. The Morgan fingerprint density at radius 2 is 1.67 bits per heavy atom. The number of carbonyl (C=O) groups is 2. The molecular formula is C19H18F3NO4. The molecule has 0 aliphatic heterocycles. The van der Waals surface area contributed by atoms with E-state index in [9.17, 15) is 22.8 Å². The van der Waals surface area contributed by atoms with Crippen LogP contribution in [0.3, 0.4) is 0 Å². The Labute approximate surface area is 153 Å². The Morgan fingerprint density at radius 3 is 2.26 bits per heavy atom. The van der Waals surface area contributed by atoms with Gasteiger partial charge in [0, 0.05) is 0 Å². The Balaban J connectivity index is 2.13. The normalized spacial score (nSPS) is 13.5. The molecule has 2 aromatic rings. The third kappa shape index (κ3) is 5.73. The third-order valence-corrected chi connectivity index (χ3v) is 3.76. The monoisotopic (exact) mass is 381 g/mol. The molecule has 8 heteroatoms. The lowest BCUT2D eigenvalue weighted by molar-refractivity contribution is -0.141. The molecule has 2 aromatic carbocycles. The van der Waals surface area contributed by atoms with Crippen LogP contribution < -0.4 is 10.1 Å². The highest BCUT2D eigenvalue weighted by Crippen LogP contribution is 2.36. The smallest absolute Gasteiger partial charge is 0.419 e. The summed E-state index contributed by atoms with van der Waals surface area (Å²) in [5.41, 5.74) is -0.425. The van der Waals surface area contributed by atoms with Gasteiger partial charge in [0.05, 0.1) is 18.0 Å². The zero-order valence-electron chi connectivity index (χ0n) is 14.4. The van der Waals surface area contributed by atoms with Crippen LogP contribution in [0.25, 0.3) is 0 Å². The average Bonchev–Trinajstić information content (AvgIpc) is 2.61. The molecule has 1 amide bonds. The van der Waals surface area contributed by atoms with Gasteiger partial charge in [0.25, 0.3) is 5.91 Å². The van der Waals surface area contributed by atoms with E-state index in [0.717, 1.165) is 12.1 Å². The van der Waals surface area contributed by atoms with Crippen molar-refractivity contribution in [1.82, 2.24) is 5.32 Å². The summed E-state index contributed by atoms with van der Waals surface area (Å²) >= 11 is 0. The second kappa shape index (κ2) is 8.57. The molecule has 2 unspecified atom stereocenters. The maximum absolute atomic E-state index is 13.0. The van der Waals surface area contributed by atoms with Crippen molar-refractivity contribution in [1.29, 1.82) is 0 Å². The molecule has 0 aromatic heterocycles. The first-order valence-corrected chi connectivity index (χ1v) is 8.08. The lowest BCUT2D eigenvalue weighted by Crippen LogP contribution is -2.39. The average molecular weight is 381 g/mol. The number of carbonyl (C=O) groups excluding carboxylic acids is 1. The number of amides is 1. The number of hydrogen-bond acceptors (Lipinski definition) is 3. The molecule has 2 atom stereocenters. The summed E-state index contributed by atoms with van der Waals surface area (Å²) in [5.74, 6) is -2.32. The molecule has 0 heterocycles. The fourth-order valence-corrected chi connectivity index (χ4v) is 2.45. The first kappa shape index (κ1) is 20.3. The Bertz CT molecular complexity index is 793. The molecule has 0 fully saturated rings. The molecule has 0 aliphatic rings. The van der Waals surface area contributed by atoms with Crippen LogP contribution in [0.1, 0.15) is 30.5 Å². The second-order valence-corrected chi connectivity index (χ2v) is 5.82. The Morgan fingerprint density at radius 1 is 1.07 bits per heavy atom. The zero-order chi connectivity index (χ0) is 20.0. The predicted octanol–water partition coefficient (Wildman–Crippen LogP) is 3.80. The number of nitrogens with one attached hydrogen (secondary N) is 1. The van der Waals surface area contributed by atoms with Gasteiger partial charge in [-0.3, -0.25) is 9.59 Å². The van der Waals surface area contributed by atoms with Crippen molar-refractivity contribution >= 4 is 11.9 Å². The molecule has 2 rings (SSSR count). The first-order valence-electron chi connectivity index (χ1n) is 8.08. The predicted molar refractivity (Wildman–Crippen MR) is 91.1 cm³/mol. The summed E-state index contributed by atoms with van der Waals surface area (Å²) in [6.07, 6.45) is -6.25. The summed E-state index contributed by atoms with van der Waals surface area (Å²) < 4.78 is 44.3. The van der Waals surface area contributed by atoms with E-state index >= 15 is 0 Å². The highest BCUT2D eigenvalue weighted by atomic mass is 19.4. The zero-order valence-corrected chi connectivity index (χ0v) is 14.4. The lowest BCUT2D eigenvalue weighted by Gasteiger charge is -2.22. The fourth-order valence-electron chi connectivity index (χ4n) is 2.45. The van der Waals surface area contributed by atoms with Gasteiger partial charge in [0.1, 0.15) is 5.75 Å². The van der Waals surface area contributed by atoms with Gasteiger partial charge in [-0.25, -0.2) is 0 Å². The number of benzene rings is 2. The molecule has 0 spiro atoms. The summed E-state index contributed by atoms with van der Waals surface area (Å²) in [4.78, 5) is 23.4. The second-order valence-electron chi connectivity index (χ2n) is 5.82. The highest BCUT2D eigenvalue weighted by molar-refractivity contribution is 5.82. The van der Waals surface area contributed by atoms with Gasteiger partial charge in [0.15, 0.2) is 6.10 Å². The van der Waals surface area contributed by atoms with Crippen LogP contribution >= 0.6 is 0 Å². The van der Waals surface area contributed by atoms with Crippen LogP contribution in [0.5, 0.6) is 5.75 Å². The molecule has 0 bridgehead atoms. The quantitative estimate of drug-likeness (QED) is 0.765. The molecular weight excluding hydrogens is 363 g/mol. The van der Waals surface area contributed by atoms with E-state index in [1.807, 2.05) is 0 Å². The van der Waals surface area contributed by atoms with Crippen LogP contribution in [0.2, 0.25) is 0 Å². The number of ether oxygens (including phenoxy) is 1. The SMILES string of the molecule is CC(Oc1ccccc1C(F)(F)F)C(=O)NC(CC(=O)O)c1ccccc1. The minimum atomic E-state index is -4.62. The van der Waals surface area contributed by atoms with Crippen molar-refractivity contribution in [3.05, 3.63) is 65.7 Å². The van der Waals surface area contributed by atoms with Crippen LogP contribution in [0, 0.1) is 0 Å². The van der Waals surface area contributed by atoms with Gasteiger partial charge in [-0.05, 0) is 24.6 Å². The van der Waals surface area contributed by atoms with E-state index in [1.54, 1.807) is 30.3 Å². The first-order chi connectivity index (χ1) is 12.7. The van der Waals surface area contributed by atoms with Crippen LogP contribution in [-0.2, 0) is 15.8 Å². The summed E-state index contributed by atoms with van der Waals surface area (Å²) in [6, 6.07) is 12.2. The van der Waals surface area contributed by atoms with E-state index in [1.165, 1.54) is 19.1 Å². The van der Waals surface area contributed by atoms with Crippen LogP contribution in [0.4, 0.5) is 13.2 Å². The molecule has 0 aliphatic carbocycles. The Hall–Kier alpha value is -3.03. The van der Waals surface area contributed by atoms with E-state index in [-0.39, 0.29) is 6.42 Å². The van der Waals surface area contributed by atoms with E-state index in [0.29, 0.717) is 5.56 Å². The molecule has 144 valence electrons. The summed E-state index contributed by atoms with van der Waals surface area (Å²) in [6.45, 7) is 1.30. The van der Waals surface area contributed by atoms with Gasteiger partial charge in [0.2, 0.25) is 0 Å². The molecule has 27 heavy (non-hydrogen) atoms. The Kier molecular flexibility index (Phi) is 6.44. The van der Waals surface area contributed by atoms with Crippen molar-refractivity contribution in [2.24, 2.45) is 0 Å². The molecule has 0 saturated carbocycles. The summed E-state index contributed by atoms with van der Waals surface area (Å²) in [5, 5.41) is 11.6. The summed E-state index contributed by atoms with van der Waals surface area (Å²) in [7, 11) is 0. The van der Waals surface area contributed by atoms with Crippen molar-refractivity contribution < 1.29 is 32.6 Å². The molecule has 0 radical (unpaired) electrons. The van der Waals surface area contributed by atoms with Crippen molar-refractivity contribution in [2.45, 2.75) is 31.7 Å². The van der Waals surface area contributed by atoms with Gasteiger partial charge in [-0.1, -0.05) is 42.5 Å². The highest BCUT2D eigenvalue weighted by Gasteiger charge is 2.35. The number of carboxylic acids is 1. The minimum absolute atomic E-state index is 0.373. The number of rotatable bonds is 7. The minimum Gasteiger partial charge on any atom is -0.481 e. The number of hydrogen-bond donors (Lipinski definition) is 2. The number of aliphatic carboxylic acids is 1. The fraction of sp³-hybridized carbons (Fsp3) is 0.263. The largest absolute Gasteiger partial charge is 0.481 e. The molecule has 5 nitrogen and oxygen atoms in total. The number of carboxylic acid groups (broad SMARTS) is 1. The lowest BCUT2D eigenvalue weighted by atomic mass is 10.0. The van der Waals surface area contributed by atoms with Crippen molar-refractivity contribution in [2.75, 3.05) is 0 Å². The van der Waals surface area contributed by atoms with Crippen LogP contribution in [0.15, 0.2) is 54.6 Å². The number of alkyl halides is 3. The van der Waals surface area contributed by atoms with Gasteiger partial charge in [-0.15, -0.1) is 0 Å². The van der Waals surface area contributed by atoms with E-state index < -0.39 is 41.5 Å². The van der Waals surface area contributed by atoms with Crippen molar-refractivity contribution in [3.63, 3.8) is 0 Å². The maximum Gasteiger partial charge on any atom is 0.419 e. The standard InChI is InChI=1S/C19H18F3NO4/c1-12(27-16-10-6-5-9-14(16)19(20,21)22)18(26)23-15(11-17(24)25)13-7-3-2-4-8-13/h2-10,12,15H,11H2,1H3,(H,23,26)(H,24,25). The van der Waals surface area contributed by atoms with Gasteiger partial charge in [-0.2, -0.15) is 13.2 Å².